The predicted octanol–water partition coefficient (Wildman–Crippen LogP) is 2.16. The van der Waals surface area contributed by atoms with E-state index in [1.807, 2.05) is 6.07 Å². The first-order chi connectivity index (χ1) is 8.65. The van der Waals surface area contributed by atoms with Crippen molar-refractivity contribution in [1.82, 2.24) is 5.32 Å². The Kier molecular flexibility index (Phi) is 5.46. The van der Waals surface area contributed by atoms with Gasteiger partial charge in [-0.1, -0.05) is 19.8 Å². The predicted molar refractivity (Wildman–Crippen MR) is 74.9 cm³/mol. The maximum Gasteiger partial charge on any atom is 0.263 e. The highest BCUT2D eigenvalue weighted by Gasteiger charge is 2.19. The monoisotopic (exact) mass is 266 g/mol. The number of rotatable bonds is 6. The van der Waals surface area contributed by atoms with E-state index >= 15 is 0 Å². The zero-order chi connectivity index (χ0) is 13.5. The molecule has 1 aromatic heterocycles. The first-order valence-corrected chi connectivity index (χ1v) is 6.75. The molecule has 1 heterocycles. The van der Waals surface area contributed by atoms with Crippen molar-refractivity contribution >= 4 is 27.9 Å². The average molecular weight is 266 g/mol. The fourth-order valence-corrected chi connectivity index (χ4v) is 2.58. The van der Waals surface area contributed by atoms with E-state index in [1.165, 1.54) is 11.3 Å². The van der Waals surface area contributed by atoms with Gasteiger partial charge < -0.3 is 16.4 Å². The molecule has 18 heavy (non-hydrogen) atoms. The third kappa shape index (κ3) is 3.14. The highest BCUT2D eigenvalue weighted by atomic mass is 32.1. The van der Waals surface area contributed by atoms with Gasteiger partial charge in [0.25, 0.3) is 5.91 Å². The number of hydrogen-bond donors (Lipinski definition) is 3. The van der Waals surface area contributed by atoms with Crippen LogP contribution in [0.25, 0.3) is 0 Å². The van der Waals surface area contributed by atoms with Crippen molar-refractivity contribution in [3.8, 4) is 6.07 Å². The molecule has 0 saturated heterocycles. The maximum atomic E-state index is 11.6. The number of carbonyl (C=O) groups is 1. The summed E-state index contributed by atoms with van der Waals surface area (Å²) in [6, 6.07) is 2.05. The summed E-state index contributed by atoms with van der Waals surface area (Å²) in [6.07, 6.45) is 3.31. The van der Waals surface area contributed by atoms with E-state index in [0.717, 1.165) is 25.8 Å². The Bertz CT molecular complexity index is 461. The number of carbonyl (C=O) groups excluding carboxylic acids is 1. The molecule has 0 aliphatic rings. The SMILES string of the molecule is CCCCCNc1sc(C(=O)NC)c(N)c1C#N. The van der Waals surface area contributed by atoms with Crippen LogP contribution < -0.4 is 16.4 Å². The zero-order valence-electron chi connectivity index (χ0n) is 10.7. The summed E-state index contributed by atoms with van der Waals surface area (Å²) in [6.45, 7) is 2.92. The number of nitrogen functional groups attached to an aromatic ring is 1. The number of anilines is 2. The van der Waals surface area contributed by atoms with Crippen molar-refractivity contribution < 1.29 is 4.79 Å². The summed E-state index contributed by atoms with van der Waals surface area (Å²) in [5.74, 6) is -0.254. The van der Waals surface area contributed by atoms with Gasteiger partial charge >= 0.3 is 0 Å². The van der Waals surface area contributed by atoms with E-state index in [0.29, 0.717) is 15.4 Å². The van der Waals surface area contributed by atoms with Crippen molar-refractivity contribution in [1.29, 1.82) is 5.26 Å². The normalized spacial score (nSPS) is 9.83. The quantitative estimate of drug-likeness (QED) is 0.688. The van der Waals surface area contributed by atoms with Crippen LogP contribution in [0.3, 0.4) is 0 Å². The Hall–Kier alpha value is -1.74. The van der Waals surface area contributed by atoms with Crippen molar-refractivity contribution in [2.75, 3.05) is 24.6 Å². The van der Waals surface area contributed by atoms with Gasteiger partial charge in [-0.3, -0.25) is 4.79 Å². The number of hydrogen-bond acceptors (Lipinski definition) is 5. The molecule has 1 aromatic rings. The van der Waals surface area contributed by atoms with Gasteiger partial charge in [-0.25, -0.2) is 0 Å². The van der Waals surface area contributed by atoms with Gasteiger partial charge in [-0.15, -0.1) is 11.3 Å². The van der Waals surface area contributed by atoms with Crippen LogP contribution in [0.1, 0.15) is 41.4 Å². The first-order valence-electron chi connectivity index (χ1n) is 5.94. The number of nitrogens with zero attached hydrogens (tertiary/aromatic N) is 1. The van der Waals surface area contributed by atoms with E-state index in [9.17, 15) is 4.79 Å². The lowest BCUT2D eigenvalue weighted by atomic mass is 10.2. The molecule has 0 unspecified atom stereocenters. The molecule has 5 nitrogen and oxygen atoms in total. The number of nitrogens with one attached hydrogen (secondary N) is 2. The summed E-state index contributed by atoms with van der Waals surface area (Å²) in [5.41, 5.74) is 6.44. The van der Waals surface area contributed by atoms with E-state index < -0.39 is 0 Å². The number of thiophene rings is 1. The van der Waals surface area contributed by atoms with E-state index in [4.69, 9.17) is 11.0 Å². The summed E-state index contributed by atoms with van der Waals surface area (Å²) in [5, 5.41) is 15.5. The van der Waals surface area contributed by atoms with Crippen molar-refractivity contribution in [3.63, 3.8) is 0 Å². The third-order valence-electron chi connectivity index (χ3n) is 2.56. The molecular weight excluding hydrogens is 248 g/mol. The Morgan fingerprint density at radius 2 is 2.22 bits per heavy atom. The standard InChI is InChI=1S/C12H18N4OS/c1-3-4-5-6-16-12-8(7-13)9(14)10(18-12)11(17)15-2/h16H,3-6,14H2,1-2H3,(H,15,17). The minimum atomic E-state index is -0.254. The highest BCUT2D eigenvalue weighted by Crippen LogP contribution is 2.34. The molecule has 4 N–H and O–H groups in total. The van der Waals surface area contributed by atoms with Crippen LogP contribution in [-0.2, 0) is 0 Å². The Labute approximate surface area is 111 Å². The van der Waals surface area contributed by atoms with Gasteiger partial charge in [-0.05, 0) is 6.42 Å². The van der Waals surface area contributed by atoms with Crippen LogP contribution in [0, 0.1) is 11.3 Å². The molecule has 98 valence electrons. The van der Waals surface area contributed by atoms with Crippen molar-refractivity contribution in [2.45, 2.75) is 26.2 Å². The van der Waals surface area contributed by atoms with Crippen LogP contribution in [-0.4, -0.2) is 19.5 Å². The van der Waals surface area contributed by atoms with Crippen molar-refractivity contribution in [2.24, 2.45) is 0 Å². The van der Waals surface area contributed by atoms with Gasteiger partial charge in [0.15, 0.2) is 0 Å². The molecule has 1 rings (SSSR count). The van der Waals surface area contributed by atoms with Crippen LogP contribution in [0.2, 0.25) is 0 Å². The summed E-state index contributed by atoms with van der Waals surface area (Å²) >= 11 is 1.23. The summed E-state index contributed by atoms with van der Waals surface area (Å²) < 4.78 is 0. The van der Waals surface area contributed by atoms with Crippen molar-refractivity contribution in [3.05, 3.63) is 10.4 Å². The fourth-order valence-electron chi connectivity index (χ4n) is 1.54. The van der Waals surface area contributed by atoms with Crippen LogP contribution in [0.5, 0.6) is 0 Å². The lowest BCUT2D eigenvalue weighted by Gasteiger charge is -2.02. The molecule has 0 aliphatic heterocycles. The molecule has 1 amide bonds. The average Bonchev–Trinajstić information content (AvgIpc) is 2.70. The van der Waals surface area contributed by atoms with Crippen LogP contribution in [0.4, 0.5) is 10.7 Å². The van der Waals surface area contributed by atoms with Gasteiger partial charge in [0.2, 0.25) is 0 Å². The molecule has 0 spiro atoms. The molecule has 0 bridgehead atoms. The molecule has 0 aromatic carbocycles. The summed E-state index contributed by atoms with van der Waals surface area (Å²) in [7, 11) is 1.54. The highest BCUT2D eigenvalue weighted by molar-refractivity contribution is 7.18. The van der Waals surface area contributed by atoms with Gasteiger partial charge in [0.1, 0.15) is 21.5 Å². The maximum absolute atomic E-state index is 11.6. The number of unbranched alkanes of at least 4 members (excludes halogenated alkanes) is 2. The smallest absolute Gasteiger partial charge is 0.263 e. The zero-order valence-corrected chi connectivity index (χ0v) is 11.5. The van der Waals surface area contributed by atoms with Gasteiger partial charge in [0.05, 0.1) is 5.69 Å². The molecule has 6 heteroatoms. The number of nitriles is 1. The van der Waals surface area contributed by atoms with E-state index in [-0.39, 0.29) is 11.6 Å². The molecule has 0 fully saturated rings. The Morgan fingerprint density at radius 3 is 2.78 bits per heavy atom. The van der Waals surface area contributed by atoms with E-state index in [2.05, 4.69) is 17.6 Å². The van der Waals surface area contributed by atoms with Crippen LogP contribution in [0.15, 0.2) is 0 Å². The number of amides is 1. The Balaban J connectivity index is 2.85. The topological polar surface area (TPSA) is 90.9 Å². The Morgan fingerprint density at radius 1 is 1.50 bits per heavy atom. The molecule has 0 saturated carbocycles. The molecule has 0 atom stereocenters. The largest absolute Gasteiger partial charge is 0.396 e. The molecular formula is C12H18N4OS. The minimum Gasteiger partial charge on any atom is -0.396 e. The van der Waals surface area contributed by atoms with Gasteiger partial charge in [-0.2, -0.15) is 5.26 Å². The number of nitrogens with two attached hydrogens (primary N) is 1. The third-order valence-corrected chi connectivity index (χ3v) is 3.72. The lowest BCUT2D eigenvalue weighted by Crippen LogP contribution is -2.17. The van der Waals surface area contributed by atoms with E-state index in [1.54, 1.807) is 7.05 Å². The first kappa shape index (κ1) is 14.3. The second-order valence-corrected chi connectivity index (χ2v) is 4.89. The summed E-state index contributed by atoms with van der Waals surface area (Å²) in [4.78, 5) is 12.0. The lowest BCUT2D eigenvalue weighted by molar-refractivity contribution is 0.0968. The fraction of sp³-hybridized carbons (Fsp3) is 0.500. The van der Waals surface area contributed by atoms with Gasteiger partial charge in [0, 0.05) is 13.6 Å². The second kappa shape index (κ2) is 6.87. The molecule has 0 aliphatic carbocycles. The van der Waals surface area contributed by atoms with Crippen LogP contribution >= 0.6 is 11.3 Å². The minimum absolute atomic E-state index is 0.254. The second-order valence-electron chi connectivity index (χ2n) is 3.87. The molecule has 0 radical (unpaired) electrons.